The standard InChI is InChI=1S/C26H36N6.3C25H34N6/c1-17-9-8-14-27-24(17)21-11-7-13-23(31(21)5)26-28-20-10-6-12-22(25(20)29-26)32-15-18(2)30(4)19(3)16-32;1-16-8-7-13-26-23(16)20-10-6-12-22(30(20)4)25-28-19-9-5-11-21(24(19)29-25)31-14-17(2)27-18(3)15-31;1-17-8-7-13-26-22(17)19-10-6-12-21(30(19)4)24-28-18-9-5-11-20(23(18)29-24)31-15-14-27-25(2,3)16-31;1-17-8-7-13-26-23(17)20-10-6-12-22(30(20)4)25-27-19-9-5-11-21(24(19)28-25)31-15-14-29(3)18(2)16-31/h6,8-10,12,14,18-19,21,23H,7,11,13,15-16H2,1-5H3,(H,28,29);5,7-9,11,13,17-18,20,22,27H,6,10,12,14-15H2,1-4H3,(H,28,29);5,7-9,11,13,19,21,27H,6,10,12,14-16H2,1-4H3,(H,28,29);5,7-9,11,13,18,20,22H,6,10,12,14-16H2,1-4H3,(H,27,28)/t18-,19+,21-,23+;17-,18+,20-,22+;19-,21+;18?,20-,22+/m0000/s1. The number of likely N-dealkylation sites (N-methyl/N-ethyl adjacent to an activating group) is 2. The first kappa shape index (κ1) is 87.3. The molecule has 8 aliphatic heterocycles. The highest BCUT2D eigenvalue weighted by Crippen LogP contribution is 2.47. The Morgan fingerprint density at radius 3 is 0.944 bits per heavy atom. The highest BCUT2D eigenvalue weighted by Gasteiger charge is 2.40. The zero-order valence-corrected chi connectivity index (χ0v) is 77.5. The van der Waals surface area contributed by atoms with Crippen LogP contribution in [0.1, 0.15) is 242 Å². The lowest BCUT2D eigenvalue weighted by molar-refractivity contribution is 0.107. The summed E-state index contributed by atoms with van der Waals surface area (Å²) in [5.41, 5.74) is 24.0. The van der Waals surface area contributed by atoms with E-state index in [1.807, 2.05) is 49.1 Å². The van der Waals surface area contributed by atoms with Crippen LogP contribution in [0.2, 0.25) is 0 Å². The average Bonchev–Trinajstić information content (AvgIpc) is 1.47. The maximum Gasteiger partial charge on any atom is 0.124 e. The lowest BCUT2D eigenvalue weighted by atomic mass is 9.92. The number of piperidine rings is 4. The first-order valence-corrected chi connectivity index (χ1v) is 46.8. The van der Waals surface area contributed by atoms with Crippen LogP contribution < -0.4 is 30.2 Å². The molecule has 4 aromatic carbocycles. The van der Waals surface area contributed by atoms with Crippen molar-refractivity contribution in [3.05, 3.63) is 214 Å². The third-order valence-electron chi connectivity index (χ3n) is 29.3. The fraction of sp³-hybridized carbons (Fsp3) is 0.525. The summed E-state index contributed by atoms with van der Waals surface area (Å²) in [4.78, 5) is 79.2. The van der Waals surface area contributed by atoms with Crippen LogP contribution >= 0.6 is 0 Å². The third kappa shape index (κ3) is 18.5. The zero-order valence-electron chi connectivity index (χ0n) is 77.5. The van der Waals surface area contributed by atoms with Crippen molar-refractivity contribution in [2.24, 2.45) is 0 Å². The largest absolute Gasteiger partial charge is 0.367 e. The third-order valence-corrected chi connectivity index (χ3v) is 29.3. The zero-order chi connectivity index (χ0) is 87.1. The van der Waals surface area contributed by atoms with Crippen molar-refractivity contribution in [2.75, 3.05) is 127 Å². The molecule has 13 atom stereocenters. The van der Waals surface area contributed by atoms with Crippen molar-refractivity contribution >= 4 is 66.9 Å². The molecule has 0 aliphatic carbocycles. The van der Waals surface area contributed by atoms with Crippen molar-refractivity contribution < 1.29 is 0 Å². The minimum absolute atomic E-state index is 0.108. The molecule has 0 spiro atoms. The smallest absolute Gasteiger partial charge is 0.124 e. The molecule has 0 bridgehead atoms. The number of pyridine rings is 4. The maximum absolute atomic E-state index is 5.21. The summed E-state index contributed by atoms with van der Waals surface area (Å²) in [6.07, 6.45) is 21.5. The number of hydrogen-bond donors (Lipinski definition) is 6. The number of imidazole rings is 4. The lowest BCUT2D eigenvalue weighted by Crippen LogP contribution is -2.57. The second kappa shape index (κ2) is 37.7. The van der Waals surface area contributed by atoms with E-state index in [1.54, 1.807) is 0 Å². The highest BCUT2D eigenvalue weighted by molar-refractivity contribution is 5.92. The monoisotopic (exact) mass is 1690 g/mol. The van der Waals surface area contributed by atoms with Crippen LogP contribution in [0.15, 0.2) is 146 Å². The molecule has 8 aromatic heterocycles. The van der Waals surface area contributed by atoms with Gasteiger partial charge >= 0.3 is 0 Å². The van der Waals surface area contributed by atoms with Gasteiger partial charge in [0, 0.05) is 126 Å². The van der Waals surface area contributed by atoms with E-state index >= 15 is 0 Å². The van der Waals surface area contributed by atoms with Gasteiger partial charge in [-0.15, -0.1) is 0 Å². The number of aromatic nitrogens is 12. The number of benzene rings is 4. The van der Waals surface area contributed by atoms with Gasteiger partial charge < -0.3 is 55.1 Å². The van der Waals surface area contributed by atoms with Gasteiger partial charge in [-0.3, -0.25) is 44.4 Å². The molecule has 662 valence electrons. The average molecular weight is 1690 g/mol. The fourth-order valence-corrected chi connectivity index (χ4v) is 22.1. The molecule has 0 radical (unpaired) electrons. The van der Waals surface area contributed by atoms with Gasteiger partial charge in [-0.25, -0.2) is 19.9 Å². The van der Waals surface area contributed by atoms with E-state index in [0.717, 1.165) is 184 Å². The van der Waals surface area contributed by atoms with Crippen molar-refractivity contribution in [3.63, 3.8) is 0 Å². The Hall–Kier alpha value is -9.76. The Labute approximate surface area is 741 Å². The molecule has 6 N–H and O–H groups in total. The van der Waals surface area contributed by atoms with Crippen molar-refractivity contribution in [2.45, 2.75) is 237 Å². The number of aryl methyl sites for hydroxylation is 4. The minimum Gasteiger partial charge on any atom is -0.367 e. The van der Waals surface area contributed by atoms with E-state index in [0.29, 0.717) is 54.4 Å². The number of likely N-dealkylation sites (tertiary alicyclic amines) is 4. The first-order chi connectivity index (χ1) is 60.4. The van der Waals surface area contributed by atoms with Gasteiger partial charge in [0.25, 0.3) is 0 Å². The summed E-state index contributed by atoms with van der Waals surface area (Å²) in [5, 5.41) is 7.24. The summed E-state index contributed by atoms with van der Waals surface area (Å²) < 4.78 is 0. The normalized spacial score (nSPS) is 26.5. The summed E-state index contributed by atoms with van der Waals surface area (Å²) in [5.74, 6) is 4.34. The van der Waals surface area contributed by atoms with Crippen LogP contribution in [0.25, 0.3) is 44.1 Å². The van der Waals surface area contributed by atoms with Crippen molar-refractivity contribution in [1.82, 2.24) is 99.8 Å². The number of nitrogens with zero attached hydrogens (tertiary/aromatic N) is 18. The molecule has 8 fully saturated rings. The van der Waals surface area contributed by atoms with Gasteiger partial charge in [0.1, 0.15) is 45.4 Å². The summed E-state index contributed by atoms with van der Waals surface area (Å²) in [6, 6.07) is 48.0. The summed E-state index contributed by atoms with van der Waals surface area (Å²) in [6.45, 7) is 34.9. The van der Waals surface area contributed by atoms with Gasteiger partial charge in [0.05, 0.1) is 116 Å². The number of para-hydroxylation sites is 4. The molecule has 20 rings (SSSR count). The SMILES string of the molecule is Cc1cccnc1[C@@H]1CCC[C@H](c2nc3c(N4CCN(C)C(C)C4)cccc3[nH]2)N1C.Cc1cccnc1[C@@H]1CCC[C@H](c2nc3c(N4CCNC(C)(C)C4)cccc3[nH]2)N1C.Cc1cccnc1[C@@H]1CCC[C@H](c2nc3c(N4C[C@@H](C)N(C)[C@@H](C)C4)cccc3[nH]2)N1C.Cc1cccnc1[C@@H]1CCC[C@H](c2nc3c(N4C[C@@H](C)N[C@@H](C)C4)cccc3[nH]2)N1C. The van der Waals surface area contributed by atoms with Crippen molar-refractivity contribution in [3.8, 4) is 0 Å². The summed E-state index contributed by atoms with van der Waals surface area (Å²) in [7, 11) is 13.4. The number of hydrogen-bond acceptors (Lipinski definition) is 20. The number of nitrogens with one attached hydrogen (secondary N) is 6. The summed E-state index contributed by atoms with van der Waals surface area (Å²) >= 11 is 0. The van der Waals surface area contributed by atoms with Crippen molar-refractivity contribution in [1.29, 1.82) is 0 Å². The molecule has 24 heteroatoms. The second-order valence-electron chi connectivity index (χ2n) is 38.7. The van der Waals surface area contributed by atoms with Crippen LogP contribution in [0.3, 0.4) is 0 Å². The van der Waals surface area contributed by atoms with Crippen LogP contribution in [-0.2, 0) is 0 Å². The maximum atomic E-state index is 5.21. The Morgan fingerprint density at radius 2 is 0.624 bits per heavy atom. The Morgan fingerprint density at radius 1 is 0.320 bits per heavy atom. The van der Waals surface area contributed by atoms with E-state index in [4.69, 9.17) is 39.9 Å². The van der Waals surface area contributed by atoms with E-state index < -0.39 is 0 Å². The predicted octanol–water partition coefficient (Wildman–Crippen LogP) is 17.7. The number of fused-ring (bicyclic) bond motifs is 4. The molecule has 12 aromatic rings. The molecule has 8 saturated heterocycles. The topological polar surface area (TPSA) is 223 Å². The van der Waals surface area contributed by atoms with Gasteiger partial charge in [-0.2, -0.15) is 0 Å². The number of anilines is 4. The molecule has 16 heterocycles. The van der Waals surface area contributed by atoms with Gasteiger partial charge in [0.15, 0.2) is 0 Å². The molecule has 8 aliphatic rings. The van der Waals surface area contributed by atoms with E-state index in [2.05, 4.69) is 295 Å². The predicted molar refractivity (Wildman–Crippen MR) is 510 cm³/mol. The molecular weight excluding hydrogens is 1550 g/mol. The molecule has 0 amide bonds. The van der Waals surface area contributed by atoms with Gasteiger partial charge in [-0.05, 0) is 291 Å². The molecule has 125 heavy (non-hydrogen) atoms. The first-order valence-electron chi connectivity index (χ1n) is 46.8. The van der Waals surface area contributed by atoms with Crippen LogP contribution in [0, 0.1) is 27.7 Å². The molecule has 1 unspecified atom stereocenters. The molecule has 0 saturated carbocycles. The lowest BCUT2D eigenvalue weighted by Gasteiger charge is -2.43. The van der Waals surface area contributed by atoms with Crippen LogP contribution in [0.5, 0.6) is 0 Å². The second-order valence-corrected chi connectivity index (χ2v) is 38.7. The molecule has 24 nitrogen and oxygen atoms in total. The number of H-pyrrole nitrogens is 4. The Kier molecular flexibility index (Phi) is 26.3. The van der Waals surface area contributed by atoms with E-state index in [-0.39, 0.29) is 29.7 Å². The Balaban J connectivity index is 0.000000118. The number of aromatic amines is 4. The van der Waals surface area contributed by atoms with Gasteiger partial charge in [0.2, 0.25) is 0 Å². The van der Waals surface area contributed by atoms with E-state index in [1.165, 1.54) is 93.5 Å². The number of piperazine rings is 4. The minimum atomic E-state index is 0.108. The molecular formula is C101H138N24. The quantitative estimate of drug-likeness (QED) is 0.0669. The van der Waals surface area contributed by atoms with Crippen LogP contribution in [0.4, 0.5) is 22.7 Å². The van der Waals surface area contributed by atoms with Gasteiger partial charge in [-0.1, -0.05) is 48.5 Å². The number of rotatable bonds is 12. The van der Waals surface area contributed by atoms with E-state index in [9.17, 15) is 0 Å². The highest BCUT2D eigenvalue weighted by atomic mass is 15.3. The Bertz CT molecular complexity index is 5480. The fourth-order valence-electron chi connectivity index (χ4n) is 22.1. The van der Waals surface area contributed by atoms with Crippen LogP contribution in [-0.4, -0.2) is 233 Å².